The first-order valence-corrected chi connectivity index (χ1v) is 8.23. The number of carboxylic acid groups (broad SMARTS) is 1. The monoisotopic (exact) mass is 357 g/mol. The van der Waals surface area contributed by atoms with Gasteiger partial charge in [0.1, 0.15) is 0 Å². The smallest absolute Gasteiger partial charge is 0.308 e. The number of methoxy groups -OCH3 is 2. The van der Waals surface area contributed by atoms with Crippen LogP contribution < -0.4 is 14.8 Å². The van der Waals surface area contributed by atoms with E-state index in [-0.39, 0.29) is 6.54 Å². The van der Waals surface area contributed by atoms with Crippen LogP contribution in [-0.2, 0) is 11.2 Å². The SMILES string of the molecule is COc1cccc(C(=O)NCC(Cc2cccc(C)c2)C(=O)O)c1OC. The van der Waals surface area contributed by atoms with E-state index in [1.165, 1.54) is 14.2 Å². The molecule has 138 valence electrons. The number of carboxylic acids is 1. The molecule has 1 atom stereocenters. The lowest BCUT2D eigenvalue weighted by atomic mass is 9.98. The van der Waals surface area contributed by atoms with Crippen molar-refractivity contribution in [1.82, 2.24) is 5.32 Å². The number of aryl methyl sites for hydroxylation is 1. The predicted octanol–water partition coefficient (Wildman–Crippen LogP) is 2.69. The van der Waals surface area contributed by atoms with Gasteiger partial charge < -0.3 is 19.9 Å². The molecule has 0 aliphatic carbocycles. The third kappa shape index (κ3) is 4.75. The van der Waals surface area contributed by atoms with E-state index >= 15 is 0 Å². The molecule has 2 N–H and O–H groups in total. The highest BCUT2D eigenvalue weighted by atomic mass is 16.5. The normalized spacial score (nSPS) is 11.5. The van der Waals surface area contributed by atoms with Crippen LogP contribution >= 0.6 is 0 Å². The Labute approximate surface area is 152 Å². The van der Waals surface area contributed by atoms with Gasteiger partial charge in [0.25, 0.3) is 5.91 Å². The number of amides is 1. The van der Waals surface area contributed by atoms with E-state index in [2.05, 4.69) is 5.32 Å². The number of hydrogen-bond donors (Lipinski definition) is 2. The first-order chi connectivity index (χ1) is 12.5. The van der Waals surface area contributed by atoms with E-state index in [0.717, 1.165) is 11.1 Å². The summed E-state index contributed by atoms with van der Waals surface area (Å²) in [6.07, 6.45) is 0.340. The molecule has 0 saturated carbocycles. The van der Waals surface area contributed by atoms with E-state index < -0.39 is 17.8 Å². The minimum absolute atomic E-state index is 0.0163. The number of carbonyl (C=O) groups excluding carboxylic acids is 1. The number of ether oxygens (including phenoxy) is 2. The summed E-state index contributed by atoms with van der Waals surface area (Å²) in [5.74, 6) is -1.33. The molecular weight excluding hydrogens is 334 g/mol. The second-order valence-electron chi connectivity index (χ2n) is 5.98. The first-order valence-electron chi connectivity index (χ1n) is 8.23. The van der Waals surface area contributed by atoms with Crippen LogP contribution in [0.25, 0.3) is 0 Å². The highest BCUT2D eigenvalue weighted by molar-refractivity contribution is 5.98. The van der Waals surface area contributed by atoms with E-state index in [9.17, 15) is 14.7 Å². The molecule has 6 nitrogen and oxygen atoms in total. The Kier molecular flexibility index (Phi) is 6.60. The largest absolute Gasteiger partial charge is 0.493 e. The van der Waals surface area contributed by atoms with Crippen LogP contribution in [0.15, 0.2) is 42.5 Å². The van der Waals surface area contributed by atoms with Crippen molar-refractivity contribution in [3.05, 3.63) is 59.2 Å². The zero-order valence-electron chi connectivity index (χ0n) is 15.1. The summed E-state index contributed by atoms with van der Waals surface area (Å²) < 4.78 is 10.4. The fourth-order valence-corrected chi connectivity index (χ4v) is 2.75. The lowest BCUT2D eigenvalue weighted by Crippen LogP contribution is -2.34. The maximum Gasteiger partial charge on any atom is 0.308 e. The van der Waals surface area contributed by atoms with Gasteiger partial charge in [0.05, 0.1) is 25.7 Å². The highest BCUT2D eigenvalue weighted by Crippen LogP contribution is 2.30. The Bertz CT molecular complexity index is 788. The van der Waals surface area contributed by atoms with Crippen molar-refractivity contribution < 1.29 is 24.2 Å². The van der Waals surface area contributed by atoms with Gasteiger partial charge >= 0.3 is 5.97 Å². The molecule has 1 amide bonds. The Hall–Kier alpha value is -3.02. The van der Waals surface area contributed by atoms with Crippen LogP contribution in [-0.4, -0.2) is 37.7 Å². The van der Waals surface area contributed by atoms with Gasteiger partial charge in [0.2, 0.25) is 0 Å². The van der Waals surface area contributed by atoms with Crippen molar-refractivity contribution in [2.75, 3.05) is 20.8 Å². The fraction of sp³-hybridized carbons (Fsp3) is 0.300. The van der Waals surface area contributed by atoms with Crippen LogP contribution in [0.4, 0.5) is 0 Å². The maximum atomic E-state index is 12.5. The zero-order valence-corrected chi connectivity index (χ0v) is 15.1. The molecule has 2 aromatic carbocycles. The van der Waals surface area contributed by atoms with Gasteiger partial charge in [-0.3, -0.25) is 9.59 Å². The van der Waals surface area contributed by atoms with E-state index in [1.807, 2.05) is 31.2 Å². The topological polar surface area (TPSA) is 84.9 Å². The molecule has 1 unspecified atom stereocenters. The molecule has 0 fully saturated rings. The summed E-state index contributed by atoms with van der Waals surface area (Å²) in [6.45, 7) is 1.97. The number of rotatable bonds is 8. The number of nitrogens with one attached hydrogen (secondary N) is 1. The summed E-state index contributed by atoms with van der Waals surface area (Å²) in [4.78, 5) is 24.1. The van der Waals surface area contributed by atoms with Crippen LogP contribution in [0.1, 0.15) is 21.5 Å². The van der Waals surface area contributed by atoms with E-state index in [1.54, 1.807) is 18.2 Å². The molecule has 0 bridgehead atoms. The molecule has 0 aliphatic heterocycles. The summed E-state index contributed by atoms with van der Waals surface area (Å²) >= 11 is 0. The average Bonchev–Trinajstić information content (AvgIpc) is 2.63. The van der Waals surface area contributed by atoms with Gasteiger partial charge in [-0.15, -0.1) is 0 Å². The van der Waals surface area contributed by atoms with E-state index in [4.69, 9.17) is 9.47 Å². The average molecular weight is 357 g/mol. The molecule has 6 heteroatoms. The molecule has 0 aliphatic rings. The van der Waals surface area contributed by atoms with Crippen molar-refractivity contribution in [2.24, 2.45) is 5.92 Å². The summed E-state index contributed by atoms with van der Waals surface area (Å²) in [5, 5.41) is 12.2. The molecule has 0 saturated heterocycles. The van der Waals surface area contributed by atoms with Gasteiger partial charge in [0, 0.05) is 6.54 Å². The van der Waals surface area contributed by atoms with Gasteiger partial charge in [-0.05, 0) is 31.0 Å². The molecule has 2 rings (SSSR count). The lowest BCUT2D eigenvalue weighted by Gasteiger charge is -2.16. The first kappa shape index (κ1) is 19.3. The summed E-state index contributed by atoms with van der Waals surface area (Å²) in [7, 11) is 2.94. The minimum Gasteiger partial charge on any atom is -0.493 e. The van der Waals surface area contributed by atoms with Gasteiger partial charge in [0.15, 0.2) is 11.5 Å². The molecule has 0 heterocycles. The van der Waals surface area contributed by atoms with Crippen molar-refractivity contribution >= 4 is 11.9 Å². The van der Waals surface area contributed by atoms with Gasteiger partial charge in [-0.25, -0.2) is 0 Å². The van der Waals surface area contributed by atoms with Crippen molar-refractivity contribution in [2.45, 2.75) is 13.3 Å². The van der Waals surface area contributed by atoms with E-state index in [0.29, 0.717) is 23.5 Å². The van der Waals surface area contributed by atoms with Crippen LogP contribution in [0, 0.1) is 12.8 Å². The maximum absolute atomic E-state index is 12.5. The number of hydrogen-bond acceptors (Lipinski definition) is 4. The standard InChI is InChI=1S/C20H23NO5/c1-13-6-4-7-14(10-13)11-15(20(23)24)12-21-19(22)16-8-5-9-17(25-2)18(16)26-3/h4-10,15H,11-12H2,1-3H3,(H,21,22)(H,23,24). The third-order valence-corrected chi connectivity index (χ3v) is 4.07. The zero-order chi connectivity index (χ0) is 19.1. The summed E-state index contributed by atoms with van der Waals surface area (Å²) in [5.41, 5.74) is 2.29. The minimum atomic E-state index is -0.954. The second-order valence-corrected chi connectivity index (χ2v) is 5.98. The molecule has 0 radical (unpaired) electrons. The molecule has 0 spiro atoms. The van der Waals surface area contributed by atoms with Gasteiger partial charge in [-0.1, -0.05) is 35.9 Å². The number of benzene rings is 2. The number of para-hydroxylation sites is 1. The van der Waals surface area contributed by atoms with Crippen LogP contribution in [0.5, 0.6) is 11.5 Å². The quantitative estimate of drug-likeness (QED) is 0.759. The van der Waals surface area contributed by atoms with Gasteiger partial charge in [-0.2, -0.15) is 0 Å². The summed E-state index contributed by atoms with van der Waals surface area (Å²) in [6, 6.07) is 12.6. The Morgan fingerprint density at radius 1 is 1.12 bits per heavy atom. The number of aliphatic carboxylic acids is 1. The number of carbonyl (C=O) groups is 2. The highest BCUT2D eigenvalue weighted by Gasteiger charge is 2.21. The lowest BCUT2D eigenvalue weighted by molar-refractivity contribution is -0.141. The molecule has 0 aromatic heterocycles. The fourth-order valence-electron chi connectivity index (χ4n) is 2.75. The van der Waals surface area contributed by atoms with Crippen LogP contribution in [0.2, 0.25) is 0 Å². The van der Waals surface area contributed by atoms with Crippen LogP contribution in [0.3, 0.4) is 0 Å². The predicted molar refractivity (Wildman–Crippen MR) is 97.9 cm³/mol. The Morgan fingerprint density at radius 3 is 2.46 bits per heavy atom. The Morgan fingerprint density at radius 2 is 1.85 bits per heavy atom. The molecule has 2 aromatic rings. The molecular formula is C20H23NO5. The van der Waals surface area contributed by atoms with Crippen molar-refractivity contribution in [1.29, 1.82) is 0 Å². The van der Waals surface area contributed by atoms with Crippen molar-refractivity contribution in [3.8, 4) is 11.5 Å². The Balaban J connectivity index is 2.09. The second kappa shape index (κ2) is 8.89. The van der Waals surface area contributed by atoms with Crippen molar-refractivity contribution in [3.63, 3.8) is 0 Å². The molecule has 26 heavy (non-hydrogen) atoms. The third-order valence-electron chi connectivity index (χ3n) is 4.07.